The van der Waals surface area contributed by atoms with Crippen molar-refractivity contribution in [2.24, 2.45) is 0 Å². The first-order valence-corrected chi connectivity index (χ1v) is 11.5. The first-order chi connectivity index (χ1) is 15.6. The fourth-order valence-corrected chi connectivity index (χ4v) is 4.62. The van der Waals surface area contributed by atoms with Crippen LogP contribution in [0.4, 0.5) is 5.00 Å². The number of hydrogen-bond acceptors (Lipinski definition) is 6. The second-order valence-corrected chi connectivity index (χ2v) is 8.58. The quantitative estimate of drug-likeness (QED) is 0.549. The molecule has 2 aromatic carbocycles. The summed E-state index contributed by atoms with van der Waals surface area (Å²) in [5.41, 5.74) is 3.02. The van der Waals surface area contributed by atoms with Crippen LogP contribution in [0, 0.1) is 0 Å². The number of carbonyl (C=O) groups is 2. The highest BCUT2D eigenvalue weighted by molar-refractivity contribution is 7.18. The van der Waals surface area contributed by atoms with Gasteiger partial charge in [0.25, 0.3) is 5.91 Å². The van der Waals surface area contributed by atoms with Gasteiger partial charge in [-0.2, -0.15) is 0 Å². The van der Waals surface area contributed by atoms with Gasteiger partial charge in [-0.15, -0.1) is 11.3 Å². The molecule has 1 saturated heterocycles. The number of thiophene rings is 1. The first-order valence-electron chi connectivity index (χ1n) is 10.7. The smallest absolute Gasteiger partial charge is 0.349 e. The first kappa shape index (κ1) is 22.0. The Morgan fingerprint density at radius 2 is 1.72 bits per heavy atom. The van der Waals surface area contributed by atoms with Crippen molar-refractivity contribution in [3.63, 3.8) is 0 Å². The van der Waals surface area contributed by atoms with Crippen molar-refractivity contribution in [2.45, 2.75) is 19.6 Å². The average Bonchev–Trinajstić information content (AvgIpc) is 3.30. The topological polar surface area (TPSA) is 67.9 Å². The minimum atomic E-state index is -0.889. The predicted molar refractivity (Wildman–Crippen MR) is 126 cm³/mol. The fraction of sp³-hybridized carbons (Fsp3) is 0.280. The summed E-state index contributed by atoms with van der Waals surface area (Å²) < 4.78 is 11.0. The number of ether oxygens (including phenoxy) is 2. The Hall–Kier alpha value is -3.16. The average molecular weight is 451 g/mol. The highest BCUT2D eigenvalue weighted by Gasteiger charge is 2.25. The predicted octanol–water partition coefficient (Wildman–Crippen LogP) is 4.11. The number of rotatable bonds is 7. The Morgan fingerprint density at radius 3 is 2.41 bits per heavy atom. The normalized spacial score (nSPS) is 14.6. The van der Waals surface area contributed by atoms with E-state index in [0.29, 0.717) is 24.6 Å². The van der Waals surface area contributed by atoms with E-state index in [0.717, 1.165) is 34.8 Å². The summed E-state index contributed by atoms with van der Waals surface area (Å²) in [7, 11) is 0. The number of esters is 1. The van der Waals surface area contributed by atoms with Gasteiger partial charge in [0.05, 0.1) is 18.2 Å². The molecule has 6 nitrogen and oxygen atoms in total. The zero-order chi connectivity index (χ0) is 22.3. The minimum Gasteiger partial charge on any atom is -0.448 e. The number of amides is 1. The van der Waals surface area contributed by atoms with Crippen LogP contribution in [0.5, 0.6) is 0 Å². The van der Waals surface area contributed by atoms with Crippen molar-refractivity contribution >= 4 is 28.2 Å². The number of benzene rings is 2. The van der Waals surface area contributed by atoms with Gasteiger partial charge in [-0.05, 0) is 24.1 Å². The van der Waals surface area contributed by atoms with E-state index in [1.54, 1.807) is 6.92 Å². The number of hydrogen-bond donors (Lipinski definition) is 1. The number of anilines is 1. The van der Waals surface area contributed by atoms with Gasteiger partial charge >= 0.3 is 5.97 Å². The number of nitrogens with one attached hydrogen (secondary N) is 1. The van der Waals surface area contributed by atoms with Crippen molar-refractivity contribution in [2.75, 3.05) is 31.2 Å². The van der Waals surface area contributed by atoms with Crippen molar-refractivity contribution in [1.29, 1.82) is 0 Å². The van der Waals surface area contributed by atoms with Crippen molar-refractivity contribution in [3.8, 4) is 11.1 Å². The van der Waals surface area contributed by atoms with E-state index in [1.165, 1.54) is 11.3 Å². The summed E-state index contributed by atoms with van der Waals surface area (Å²) in [6.45, 7) is 4.84. The van der Waals surface area contributed by atoms with Gasteiger partial charge in [0.15, 0.2) is 6.10 Å². The zero-order valence-corrected chi connectivity index (χ0v) is 18.8. The van der Waals surface area contributed by atoms with Crippen LogP contribution in [0.15, 0.2) is 66.7 Å². The van der Waals surface area contributed by atoms with Gasteiger partial charge in [-0.1, -0.05) is 60.7 Å². The Bertz CT molecular complexity index is 1050. The van der Waals surface area contributed by atoms with Gasteiger partial charge in [0.2, 0.25) is 0 Å². The van der Waals surface area contributed by atoms with Crippen LogP contribution in [-0.4, -0.2) is 44.3 Å². The highest BCUT2D eigenvalue weighted by Crippen LogP contribution is 2.39. The molecule has 32 heavy (non-hydrogen) atoms. The summed E-state index contributed by atoms with van der Waals surface area (Å²) in [5.74, 6) is -0.815. The summed E-state index contributed by atoms with van der Waals surface area (Å²) in [5, 5.41) is 3.84. The van der Waals surface area contributed by atoms with E-state index in [4.69, 9.17) is 9.47 Å². The van der Waals surface area contributed by atoms with Gasteiger partial charge in [-0.3, -0.25) is 4.79 Å². The molecule has 4 rings (SSSR count). The molecule has 0 spiro atoms. The SMILES string of the molecule is C[C@@H](OC(=O)c1cc(-c2ccccc2)c(N2CCOCC2)s1)C(=O)NCc1ccccc1. The van der Waals surface area contributed by atoms with E-state index in [9.17, 15) is 9.59 Å². The molecule has 3 aromatic rings. The monoisotopic (exact) mass is 450 g/mol. The van der Waals surface area contributed by atoms with E-state index in [-0.39, 0.29) is 5.91 Å². The van der Waals surface area contributed by atoms with Gasteiger partial charge in [0.1, 0.15) is 4.88 Å². The molecule has 1 amide bonds. The van der Waals surface area contributed by atoms with Crippen LogP contribution < -0.4 is 10.2 Å². The molecule has 0 unspecified atom stereocenters. The molecule has 1 aromatic heterocycles. The Kier molecular flexibility index (Phi) is 7.19. The third-order valence-electron chi connectivity index (χ3n) is 5.26. The molecule has 7 heteroatoms. The maximum Gasteiger partial charge on any atom is 0.349 e. The third-order valence-corrected chi connectivity index (χ3v) is 6.44. The van der Waals surface area contributed by atoms with Crippen LogP contribution in [-0.2, 0) is 20.8 Å². The Balaban J connectivity index is 1.46. The van der Waals surface area contributed by atoms with Crippen molar-refractivity contribution in [3.05, 3.63) is 77.2 Å². The Labute approximate surface area is 191 Å². The third kappa shape index (κ3) is 5.36. The van der Waals surface area contributed by atoms with Gasteiger partial charge in [-0.25, -0.2) is 4.79 Å². The molecule has 1 N–H and O–H groups in total. The number of carbonyl (C=O) groups excluding carboxylic acids is 2. The maximum absolute atomic E-state index is 12.9. The zero-order valence-electron chi connectivity index (χ0n) is 18.0. The molecule has 1 aliphatic rings. The maximum atomic E-state index is 12.9. The molecule has 0 aliphatic carbocycles. The van der Waals surface area contributed by atoms with Crippen molar-refractivity contribution in [1.82, 2.24) is 5.32 Å². The van der Waals surface area contributed by atoms with E-state index in [1.807, 2.05) is 66.7 Å². The van der Waals surface area contributed by atoms with Crippen LogP contribution in [0.2, 0.25) is 0 Å². The van der Waals surface area contributed by atoms with Crippen LogP contribution >= 0.6 is 11.3 Å². The Morgan fingerprint density at radius 1 is 1.06 bits per heavy atom. The molecule has 1 atom stereocenters. The molecule has 1 fully saturated rings. The number of morpholine rings is 1. The summed E-state index contributed by atoms with van der Waals surface area (Å²) in [6, 6.07) is 21.5. The van der Waals surface area contributed by atoms with E-state index in [2.05, 4.69) is 10.2 Å². The molecule has 0 saturated carbocycles. The molecule has 1 aliphatic heterocycles. The second-order valence-electron chi connectivity index (χ2n) is 7.55. The molecule has 0 radical (unpaired) electrons. The lowest BCUT2D eigenvalue weighted by atomic mass is 10.1. The lowest BCUT2D eigenvalue weighted by Gasteiger charge is -2.28. The summed E-state index contributed by atoms with van der Waals surface area (Å²) in [4.78, 5) is 28.0. The molecular weight excluding hydrogens is 424 g/mol. The number of nitrogens with zero attached hydrogens (tertiary/aromatic N) is 1. The fourth-order valence-electron chi connectivity index (χ4n) is 3.51. The van der Waals surface area contributed by atoms with Crippen LogP contribution in [0.25, 0.3) is 11.1 Å². The van der Waals surface area contributed by atoms with Crippen molar-refractivity contribution < 1.29 is 19.1 Å². The summed E-state index contributed by atoms with van der Waals surface area (Å²) >= 11 is 1.40. The van der Waals surface area contributed by atoms with Crippen LogP contribution in [0.3, 0.4) is 0 Å². The minimum absolute atomic E-state index is 0.324. The van der Waals surface area contributed by atoms with E-state index < -0.39 is 12.1 Å². The lowest BCUT2D eigenvalue weighted by Crippen LogP contribution is -2.36. The largest absolute Gasteiger partial charge is 0.448 e. The molecule has 166 valence electrons. The van der Waals surface area contributed by atoms with Gasteiger partial charge < -0.3 is 19.7 Å². The van der Waals surface area contributed by atoms with Crippen LogP contribution in [0.1, 0.15) is 22.2 Å². The molecular formula is C25H26N2O4S. The molecule has 0 bridgehead atoms. The van der Waals surface area contributed by atoms with Gasteiger partial charge in [0, 0.05) is 25.2 Å². The lowest BCUT2D eigenvalue weighted by molar-refractivity contribution is -0.129. The standard InChI is InChI=1S/C25H26N2O4S/c1-18(23(28)26-17-19-8-4-2-5-9-19)31-25(29)22-16-21(20-10-6-3-7-11-20)24(32-22)27-12-14-30-15-13-27/h2-11,16,18H,12-15,17H2,1H3,(H,26,28)/t18-/m1/s1. The summed E-state index contributed by atoms with van der Waals surface area (Å²) in [6.07, 6.45) is -0.889. The highest BCUT2D eigenvalue weighted by atomic mass is 32.1. The van der Waals surface area contributed by atoms with E-state index >= 15 is 0 Å². The molecule has 2 heterocycles. The second kappa shape index (κ2) is 10.4.